The monoisotopic (exact) mass is 277 g/mol. The third-order valence-electron chi connectivity index (χ3n) is 3.65. The molecule has 1 aliphatic rings. The van der Waals surface area contributed by atoms with Gasteiger partial charge in [-0.15, -0.1) is 0 Å². The van der Waals surface area contributed by atoms with E-state index in [0.717, 1.165) is 19.4 Å². The van der Waals surface area contributed by atoms with Crippen LogP contribution < -0.4 is 5.32 Å². The summed E-state index contributed by atoms with van der Waals surface area (Å²) in [6.07, 6.45) is 2.51. The minimum atomic E-state index is -3.39. The maximum atomic E-state index is 12.1. The normalized spacial score (nSPS) is 28.3. The van der Waals surface area contributed by atoms with Crippen LogP contribution in [0, 0.1) is 5.92 Å². The van der Waals surface area contributed by atoms with E-state index in [1.165, 1.54) is 7.11 Å². The zero-order chi connectivity index (χ0) is 13.8. The number of hydrogen-bond donors (Lipinski definition) is 1. The first kappa shape index (κ1) is 15.4. The lowest BCUT2D eigenvalue weighted by Gasteiger charge is -2.21. The Labute approximate surface area is 109 Å². The molecule has 18 heavy (non-hydrogen) atoms. The van der Waals surface area contributed by atoms with Gasteiger partial charge in [0.2, 0.25) is 0 Å². The molecule has 0 amide bonds. The van der Waals surface area contributed by atoms with Crippen molar-refractivity contribution in [1.82, 2.24) is 5.32 Å². The van der Waals surface area contributed by atoms with E-state index in [9.17, 15) is 13.2 Å². The summed E-state index contributed by atoms with van der Waals surface area (Å²) < 4.78 is 28.6. The largest absolute Gasteiger partial charge is 0.468 e. The lowest BCUT2D eigenvalue weighted by molar-refractivity contribution is -0.137. The van der Waals surface area contributed by atoms with Crippen LogP contribution in [-0.2, 0) is 19.4 Å². The molecule has 3 atom stereocenters. The Morgan fingerprint density at radius 3 is 2.61 bits per heavy atom. The SMILES string of the molecule is CCCNC1CCC(S(=O)(=O)CC(=O)OC)C1C. The van der Waals surface area contributed by atoms with Crippen LogP contribution in [0.1, 0.15) is 33.1 Å². The van der Waals surface area contributed by atoms with Crippen molar-refractivity contribution in [2.45, 2.75) is 44.4 Å². The summed E-state index contributed by atoms with van der Waals surface area (Å²) in [4.78, 5) is 11.1. The highest BCUT2D eigenvalue weighted by Crippen LogP contribution is 2.31. The Balaban J connectivity index is 2.65. The van der Waals surface area contributed by atoms with Gasteiger partial charge in [-0.05, 0) is 31.7 Å². The highest BCUT2D eigenvalue weighted by atomic mass is 32.2. The number of carbonyl (C=O) groups is 1. The minimum Gasteiger partial charge on any atom is -0.468 e. The summed E-state index contributed by atoms with van der Waals surface area (Å²) in [6.45, 7) is 4.93. The average molecular weight is 277 g/mol. The van der Waals surface area contributed by atoms with Gasteiger partial charge in [-0.2, -0.15) is 0 Å². The molecule has 106 valence electrons. The number of carbonyl (C=O) groups excluding carboxylic acids is 1. The van der Waals surface area contributed by atoms with Gasteiger partial charge >= 0.3 is 5.97 Å². The molecule has 0 aromatic rings. The molecule has 1 N–H and O–H groups in total. The summed E-state index contributed by atoms with van der Waals surface area (Å²) >= 11 is 0. The van der Waals surface area contributed by atoms with Crippen molar-refractivity contribution >= 4 is 15.8 Å². The Hall–Kier alpha value is -0.620. The van der Waals surface area contributed by atoms with Crippen LogP contribution in [0.4, 0.5) is 0 Å². The van der Waals surface area contributed by atoms with Crippen molar-refractivity contribution in [2.24, 2.45) is 5.92 Å². The van der Waals surface area contributed by atoms with Crippen molar-refractivity contribution in [3.8, 4) is 0 Å². The van der Waals surface area contributed by atoms with E-state index in [1.54, 1.807) is 0 Å². The molecule has 0 aliphatic heterocycles. The number of methoxy groups -OCH3 is 1. The molecule has 0 aromatic heterocycles. The van der Waals surface area contributed by atoms with Gasteiger partial charge in [-0.1, -0.05) is 13.8 Å². The van der Waals surface area contributed by atoms with Crippen molar-refractivity contribution in [2.75, 3.05) is 19.4 Å². The molecular formula is C12H23NO4S. The fourth-order valence-electron chi connectivity index (χ4n) is 2.58. The predicted octanol–water partition coefficient (Wildman–Crippen LogP) is 0.741. The van der Waals surface area contributed by atoms with Crippen LogP contribution in [0.15, 0.2) is 0 Å². The molecule has 6 heteroatoms. The molecule has 5 nitrogen and oxygen atoms in total. The van der Waals surface area contributed by atoms with Crippen molar-refractivity contribution in [3.63, 3.8) is 0 Å². The lowest BCUT2D eigenvalue weighted by Crippen LogP contribution is -2.38. The Morgan fingerprint density at radius 2 is 2.06 bits per heavy atom. The van der Waals surface area contributed by atoms with Crippen molar-refractivity contribution < 1.29 is 17.9 Å². The van der Waals surface area contributed by atoms with Crippen LogP contribution in [0.5, 0.6) is 0 Å². The fourth-order valence-corrected chi connectivity index (χ4v) is 4.58. The van der Waals surface area contributed by atoms with Crippen LogP contribution in [-0.4, -0.2) is 45.1 Å². The third kappa shape index (κ3) is 3.68. The van der Waals surface area contributed by atoms with Gasteiger partial charge in [0.1, 0.15) is 5.75 Å². The third-order valence-corrected chi connectivity index (χ3v) is 5.87. The molecular weight excluding hydrogens is 254 g/mol. The van der Waals surface area contributed by atoms with Gasteiger partial charge in [0.05, 0.1) is 12.4 Å². The number of esters is 1. The quantitative estimate of drug-likeness (QED) is 0.725. The first-order valence-corrected chi connectivity index (χ1v) is 8.15. The number of rotatable bonds is 6. The Morgan fingerprint density at radius 1 is 1.39 bits per heavy atom. The average Bonchev–Trinajstić information content (AvgIpc) is 2.68. The van der Waals surface area contributed by atoms with Crippen LogP contribution in [0.3, 0.4) is 0 Å². The second-order valence-corrected chi connectivity index (χ2v) is 7.14. The topological polar surface area (TPSA) is 72.5 Å². The predicted molar refractivity (Wildman–Crippen MR) is 70.1 cm³/mol. The van der Waals surface area contributed by atoms with E-state index in [2.05, 4.69) is 17.0 Å². The number of ether oxygens (including phenoxy) is 1. The van der Waals surface area contributed by atoms with E-state index in [0.29, 0.717) is 6.42 Å². The van der Waals surface area contributed by atoms with Crippen molar-refractivity contribution in [1.29, 1.82) is 0 Å². The Bertz CT molecular complexity index is 380. The molecule has 0 spiro atoms. The second-order valence-electron chi connectivity index (χ2n) is 4.92. The van der Waals surface area contributed by atoms with E-state index < -0.39 is 26.8 Å². The van der Waals surface area contributed by atoms with E-state index in [-0.39, 0.29) is 12.0 Å². The van der Waals surface area contributed by atoms with Crippen molar-refractivity contribution in [3.05, 3.63) is 0 Å². The van der Waals surface area contributed by atoms with Crippen LogP contribution in [0.2, 0.25) is 0 Å². The molecule has 0 saturated heterocycles. The molecule has 0 heterocycles. The molecule has 1 fully saturated rings. The van der Waals surface area contributed by atoms with E-state index >= 15 is 0 Å². The van der Waals surface area contributed by atoms with E-state index in [1.807, 2.05) is 6.92 Å². The van der Waals surface area contributed by atoms with Gasteiger partial charge in [0.25, 0.3) is 0 Å². The fraction of sp³-hybridized carbons (Fsp3) is 0.917. The van der Waals surface area contributed by atoms with Crippen LogP contribution >= 0.6 is 0 Å². The standard InChI is InChI=1S/C12H23NO4S/c1-4-7-13-10-5-6-11(9(10)2)18(15,16)8-12(14)17-3/h9-11,13H,4-8H2,1-3H3. The highest BCUT2D eigenvalue weighted by molar-refractivity contribution is 7.92. The molecule has 0 radical (unpaired) electrons. The zero-order valence-electron chi connectivity index (χ0n) is 11.3. The summed E-state index contributed by atoms with van der Waals surface area (Å²) in [5.74, 6) is -1.13. The number of hydrogen-bond acceptors (Lipinski definition) is 5. The maximum absolute atomic E-state index is 12.1. The molecule has 1 aliphatic carbocycles. The first-order valence-electron chi connectivity index (χ1n) is 6.44. The molecule has 1 rings (SSSR count). The van der Waals surface area contributed by atoms with Gasteiger partial charge in [-0.25, -0.2) is 8.42 Å². The minimum absolute atomic E-state index is 0.0474. The maximum Gasteiger partial charge on any atom is 0.320 e. The summed E-state index contributed by atoms with van der Waals surface area (Å²) in [5, 5.41) is 2.94. The second kappa shape index (κ2) is 6.52. The summed E-state index contributed by atoms with van der Waals surface area (Å²) in [5.41, 5.74) is 0. The van der Waals surface area contributed by atoms with Gasteiger partial charge in [-0.3, -0.25) is 4.79 Å². The lowest BCUT2D eigenvalue weighted by atomic mass is 10.1. The van der Waals surface area contributed by atoms with Gasteiger partial charge in [0.15, 0.2) is 9.84 Å². The zero-order valence-corrected chi connectivity index (χ0v) is 12.1. The Kier molecular flexibility index (Phi) is 5.59. The molecule has 3 unspecified atom stereocenters. The molecule has 0 aromatic carbocycles. The molecule has 1 saturated carbocycles. The number of sulfone groups is 1. The van der Waals surface area contributed by atoms with Gasteiger partial charge < -0.3 is 10.1 Å². The van der Waals surface area contributed by atoms with E-state index in [4.69, 9.17) is 0 Å². The number of nitrogens with one attached hydrogen (secondary N) is 1. The van der Waals surface area contributed by atoms with Crippen LogP contribution in [0.25, 0.3) is 0 Å². The summed E-state index contributed by atoms with van der Waals surface area (Å²) in [6, 6.07) is 0.238. The summed E-state index contributed by atoms with van der Waals surface area (Å²) in [7, 11) is -2.18. The molecule has 0 bridgehead atoms. The van der Waals surface area contributed by atoms with Gasteiger partial charge in [0, 0.05) is 6.04 Å². The first-order chi connectivity index (χ1) is 8.42. The highest BCUT2D eigenvalue weighted by Gasteiger charge is 2.41. The smallest absolute Gasteiger partial charge is 0.320 e.